The van der Waals surface area contributed by atoms with Gasteiger partial charge in [-0.25, -0.2) is 19.8 Å². The van der Waals surface area contributed by atoms with Gasteiger partial charge in [-0.05, 0) is 64.7 Å². The minimum absolute atomic E-state index is 0.209. The third-order valence-electron chi connectivity index (χ3n) is 6.52. The van der Waals surface area contributed by atoms with Crippen molar-refractivity contribution in [1.29, 1.82) is 0 Å². The third-order valence-corrected chi connectivity index (χ3v) is 6.52. The number of rotatable bonds is 9. The summed E-state index contributed by atoms with van der Waals surface area (Å²) in [4.78, 5) is 33.2. The van der Waals surface area contributed by atoms with Crippen molar-refractivity contribution in [3.8, 4) is 0 Å². The molecule has 166 valence electrons. The Labute approximate surface area is 175 Å². The van der Waals surface area contributed by atoms with E-state index < -0.39 is 0 Å². The molecule has 0 aromatic carbocycles. The van der Waals surface area contributed by atoms with Crippen molar-refractivity contribution < 1.29 is 0 Å². The van der Waals surface area contributed by atoms with Crippen LogP contribution in [0.15, 0.2) is 9.59 Å². The number of hydrogen-bond donors (Lipinski definition) is 4. The molecule has 0 saturated carbocycles. The van der Waals surface area contributed by atoms with E-state index in [9.17, 15) is 9.59 Å². The molecule has 2 saturated heterocycles. The molecule has 0 spiro atoms. The van der Waals surface area contributed by atoms with E-state index in [0.717, 1.165) is 76.6 Å². The lowest BCUT2D eigenvalue weighted by Crippen LogP contribution is -2.36. The van der Waals surface area contributed by atoms with E-state index >= 15 is 0 Å². The molecule has 2 atom stereocenters. The van der Waals surface area contributed by atoms with Gasteiger partial charge in [0.15, 0.2) is 0 Å². The molecule has 2 aliphatic heterocycles. The maximum Gasteiger partial charge on any atom is 0.340 e. The molecular weight excluding hydrogens is 384 g/mol. The molecule has 2 aliphatic rings. The molecule has 0 bridgehead atoms. The minimum Gasteiger partial charge on any atom is -0.303 e. The fourth-order valence-electron chi connectivity index (χ4n) is 4.94. The Bertz CT molecular complexity index is 811. The van der Waals surface area contributed by atoms with E-state index in [-0.39, 0.29) is 11.4 Å². The first-order chi connectivity index (χ1) is 14.7. The number of piperidine rings is 2. The van der Waals surface area contributed by atoms with Crippen LogP contribution < -0.4 is 11.4 Å². The highest BCUT2D eigenvalue weighted by atomic mass is 16.1. The molecule has 2 fully saturated rings. The van der Waals surface area contributed by atoms with Crippen LogP contribution >= 0.6 is 0 Å². The van der Waals surface area contributed by atoms with E-state index in [1.165, 1.54) is 25.7 Å². The molecule has 2 aromatic rings. The van der Waals surface area contributed by atoms with E-state index in [1.54, 1.807) is 0 Å². The molecule has 2 aromatic heterocycles. The number of hydrogen-bond acceptors (Lipinski definition) is 6. The van der Waals surface area contributed by atoms with E-state index in [4.69, 9.17) is 0 Å². The monoisotopic (exact) mass is 418 g/mol. The number of likely N-dealkylation sites (tertiary alicyclic amines) is 2. The zero-order valence-corrected chi connectivity index (χ0v) is 17.7. The highest BCUT2D eigenvalue weighted by Gasteiger charge is 2.24. The summed E-state index contributed by atoms with van der Waals surface area (Å²) in [7, 11) is 0. The van der Waals surface area contributed by atoms with Crippen molar-refractivity contribution in [3.63, 3.8) is 0 Å². The summed E-state index contributed by atoms with van der Waals surface area (Å²) in [6.45, 7) is 6.54. The van der Waals surface area contributed by atoms with Gasteiger partial charge < -0.3 is 9.80 Å². The average molecular weight is 419 g/mol. The largest absolute Gasteiger partial charge is 0.340 e. The van der Waals surface area contributed by atoms with Crippen LogP contribution in [0.25, 0.3) is 0 Å². The molecule has 10 nitrogen and oxygen atoms in total. The molecule has 4 heterocycles. The smallest absolute Gasteiger partial charge is 0.303 e. The third kappa shape index (κ3) is 5.69. The molecular formula is C20H34N8O2. The van der Waals surface area contributed by atoms with Crippen LogP contribution in [-0.4, -0.2) is 79.4 Å². The maximum atomic E-state index is 11.3. The van der Waals surface area contributed by atoms with Gasteiger partial charge in [-0.2, -0.15) is 10.2 Å². The van der Waals surface area contributed by atoms with Gasteiger partial charge in [-0.15, -0.1) is 0 Å². The SMILES string of the molecule is O=c1[nH]nc(C2CCCN(CCCCCCN3CCCC(c4n[nH]c(=O)[nH]4)C3)C2)[nH]1. The number of unbranched alkanes of at least 4 members (excludes halogenated alkanes) is 3. The standard InChI is InChI=1S/C20H34N8O2/c29-19-21-17(23-25-19)15-7-5-11-27(13-15)9-3-1-2-4-10-28-12-6-8-16(14-28)18-22-20(30)26-24-18/h15-16H,1-14H2,(H2,21,23,25,29)(H2,22,24,26,30). The van der Waals surface area contributed by atoms with Gasteiger partial charge in [0.1, 0.15) is 11.6 Å². The summed E-state index contributed by atoms with van der Waals surface area (Å²) in [6, 6.07) is 0. The summed E-state index contributed by atoms with van der Waals surface area (Å²) in [5, 5.41) is 13.2. The molecule has 2 unspecified atom stereocenters. The Morgan fingerprint density at radius 2 is 1.20 bits per heavy atom. The fraction of sp³-hybridized carbons (Fsp3) is 0.800. The molecule has 30 heavy (non-hydrogen) atoms. The second-order valence-electron chi connectivity index (χ2n) is 8.82. The fourth-order valence-corrected chi connectivity index (χ4v) is 4.94. The van der Waals surface area contributed by atoms with Crippen molar-refractivity contribution in [1.82, 2.24) is 40.2 Å². The average Bonchev–Trinajstić information content (AvgIpc) is 3.39. The van der Waals surface area contributed by atoms with Gasteiger partial charge in [0.2, 0.25) is 0 Å². The first-order valence-electron chi connectivity index (χ1n) is 11.4. The maximum absolute atomic E-state index is 11.3. The van der Waals surface area contributed by atoms with Crippen molar-refractivity contribution >= 4 is 0 Å². The van der Waals surface area contributed by atoms with E-state index in [2.05, 4.69) is 40.2 Å². The zero-order valence-electron chi connectivity index (χ0n) is 17.7. The Hall–Kier alpha value is -2.20. The van der Waals surface area contributed by atoms with E-state index in [1.807, 2.05) is 0 Å². The molecule has 10 heteroatoms. The van der Waals surface area contributed by atoms with E-state index in [0.29, 0.717) is 11.8 Å². The number of nitrogens with one attached hydrogen (secondary N) is 4. The first-order valence-corrected chi connectivity index (χ1v) is 11.4. The van der Waals surface area contributed by atoms with Gasteiger partial charge in [-0.3, -0.25) is 9.97 Å². The van der Waals surface area contributed by atoms with Crippen LogP contribution in [0.3, 0.4) is 0 Å². The Kier molecular flexibility index (Phi) is 7.16. The first kappa shape index (κ1) is 21.0. The summed E-state index contributed by atoms with van der Waals surface area (Å²) >= 11 is 0. The van der Waals surface area contributed by atoms with Gasteiger partial charge in [0.25, 0.3) is 0 Å². The Morgan fingerprint density at radius 1 is 0.733 bits per heavy atom. The normalized spacial score (nSPS) is 23.7. The van der Waals surface area contributed by atoms with Crippen molar-refractivity contribution in [2.45, 2.75) is 63.2 Å². The van der Waals surface area contributed by atoms with Crippen LogP contribution in [0.1, 0.15) is 74.9 Å². The highest BCUT2D eigenvalue weighted by molar-refractivity contribution is 4.97. The summed E-state index contributed by atoms with van der Waals surface area (Å²) in [5.41, 5.74) is -0.417. The van der Waals surface area contributed by atoms with Gasteiger partial charge in [0.05, 0.1) is 0 Å². The number of nitrogens with zero attached hydrogens (tertiary/aromatic N) is 4. The predicted molar refractivity (Wildman–Crippen MR) is 114 cm³/mol. The Morgan fingerprint density at radius 3 is 1.60 bits per heavy atom. The second-order valence-corrected chi connectivity index (χ2v) is 8.82. The van der Waals surface area contributed by atoms with Crippen LogP contribution in [0.2, 0.25) is 0 Å². The number of H-pyrrole nitrogens is 4. The lowest BCUT2D eigenvalue weighted by atomic mass is 9.97. The summed E-state index contributed by atoms with van der Waals surface area (Å²) < 4.78 is 0. The lowest BCUT2D eigenvalue weighted by Gasteiger charge is -2.32. The molecule has 4 rings (SSSR count). The van der Waals surface area contributed by atoms with Crippen LogP contribution in [-0.2, 0) is 0 Å². The predicted octanol–water partition coefficient (Wildman–Crippen LogP) is 1.13. The van der Waals surface area contributed by atoms with Crippen molar-refractivity contribution in [2.24, 2.45) is 0 Å². The van der Waals surface area contributed by atoms with Crippen LogP contribution in [0.4, 0.5) is 0 Å². The Balaban J connectivity index is 1.10. The molecule has 0 aliphatic carbocycles. The van der Waals surface area contributed by atoms with Gasteiger partial charge >= 0.3 is 11.4 Å². The zero-order chi connectivity index (χ0) is 20.8. The van der Waals surface area contributed by atoms with Gasteiger partial charge in [-0.1, -0.05) is 12.8 Å². The summed E-state index contributed by atoms with van der Waals surface area (Å²) in [6.07, 6.45) is 9.48. The second kappa shape index (κ2) is 10.2. The molecule has 4 N–H and O–H groups in total. The van der Waals surface area contributed by atoms with Crippen LogP contribution in [0.5, 0.6) is 0 Å². The number of aromatic amines is 4. The number of aromatic nitrogens is 6. The topological polar surface area (TPSA) is 130 Å². The molecule has 0 radical (unpaired) electrons. The van der Waals surface area contributed by atoms with Crippen molar-refractivity contribution in [3.05, 3.63) is 32.6 Å². The highest BCUT2D eigenvalue weighted by Crippen LogP contribution is 2.25. The summed E-state index contributed by atoms with van der Waals surface area (Å²) in [5.74, 6) is 2.30. The quantitative estimate of drug-likeness (QED) is 0.452. The lowest BCUT2D eigenvalue weighted by molar-refractivity contribution is 0.193. The minimum atomic E-state index is -0.209. The van der Waals surface area contributed by atoms with Gasteiger partial charge in [0, 0.05) is 24.9 Å². The van der Waals surface area contributed by atoms with Crippen LogP contribution in [0, 0.1) is 0 Å². The molecule has 0 amide bonds. The van der Waals surface area contributed by atoms with Crippen molar-refractivity contribution in [2.75, 3.05) is 39.3 Å².